The van der Waals surface area contributed by atoms with E-state index in [0.29, 0.717) is 6.54 Å². The first-order chi connectivity index (χ1) is 7.85. The summed E-state index contributed by atoms with van der Waals surface area (Å²) in [5.74, 6) is 1.74. The third-order valence-electron chi connectivity index (χ3n) is 3.37. The summed E-state index contributed by atoms with van der Waals surface area (Å²) >= 11 is 0. The Kier molecular flexibility index (Phi) is 2.59. The fourth-order valence-corrected chi connectivity index (χ4v) is 1.99. The quantitative estimate of drug-likeness (QED) is 0.795. The average Bonchev–Trinajstić information content (AvgIpc) is 3.21. The van der Waals surface area contributed by atoms with E-state index >= 15 is 0 Å². The molecule has 2 fully saturated rings. The molecule has 16 heavy (non-hydrogen) atoms. The van der Waals surface area contributed by atoms with E-state index in [1.165, 1.54) is 25.7 Å². The molecule has 1 heterocycles. The van der Waals surface area contributed by atoms with E-state index in [2.05, 4.69) is 9.88 Å². The highest BCUT2D eigenvalue weighted by molar-refractivity contribution is 5.28. The molecule has 1 aromatic rings. The van der Waals surface area contributed by atoms with Gasteiger partial charge in [-0.3, -0.25) is 0 Å². The molecule has 0 aromatic carbocycles. The predicted molar refractivity (Wildman–Crippen MR) is 62.1 cm³/mol. The molecule has 0 aliphatic heterocycles. The molecule has 2 aliphatic carbocycles. The number of anilines is 1. The molecule has 88 valence electrons. The van der Waals surface area contributed by atoms with Crippen molar-refractivity contribution < 1.29 is 4.42 Å². The molecule has 4 heteroatoms. The lowest BCUT2D eigenvalue weighted by atomic mass is 10.3. The predicted octanol–water partition coefficient (Wildman–Crippen LogP) is 1.76. The van der Waals surface area contributed by atoms with Crippen molar-refractivity contribution in [3.05, 3.63) is 12.0 Å². The average molecular weight is 221 g/mol. The fraction of sp³-hybridized carbons (Fsp3) is 0.750. The maximum absolute atomic E-state index is 5.55. The van der Waals surface area contributed by atoms with Gasteiger partial charge in [0.05, 0.1) is 5.69 Å². The summed E-state index contributed by atoms with van der Waals surface area (Å²) in [6, 6.07) is 0.777. The molecule has 0 spiro atoms. The van der Waals surface area contributed by atoms with Crippen LogP contribution in [0.2, 0.25) is 0 Å². The van der Waals surface area contributed by atoms with E-state index in [4.69, 9.17) is 10.2 Å². The molecule has 3 rings (SSSR count). The number of rotatable bonds is 6. The van der Waals surface area contributed by atoms with Gasteiger partial charge in [0.2, 0.25) is 0 Å². The maximum Gasteiger partial charge on any atom is 0.297 e. The zero-order chi connectivity index (χ0) is 11.0. The summed E-state index contributed by atoms with van der Waals surface area (Å²) in [6.45, 7) is 2.69. The van der Waals surface area contributed by atoms with Crippen LogP contribution in [0.1, 0.15) is 31.4 Å². The van der Waals surface area contributed by atoms with Crippen LogP contribution in [0.4, 0.5) is 6.01 Å². The first-order valence-corrected chi connectivity index (χ1v) is 6.24. The second kappa shape index (κ2) is 4.09. The Morgan fingerprint density at radius 3 is 2.31 bits per heavy atom. The van der Waals surface area contributed by atoms with Crippen molar-refractivity contribution in [2.24, 2.45) is 17.6 Å². The highest BCUT2D eigenvalue weighted by atomic mass is 16.4. The zero-order valence-corrected chi connectivity index (χ0v) is 9.56. The van der Waals surface area contributed by atoms with Gasteiger partial charge >= 0.3 is 0 Å². The summed E-state index contributed by atoms with van der Waals surface area (Å²) in [5.41, 5.74) is 6.40. The van der Waals surface area contributed by atoms with Gasteiger partial charge in [-0.25, -0.2) is 0 Å². The van der Waals surface area contributed by atoms with Gasteiger partial charge in [-0.05, 0) is 37.5 Å². The Morgan fingerprint density at radius 1 is 1.25 bits per heavy atom. The Bertz CT molecular complexity index is 341. The van der Waals surface area contributed by atoms with Gasteiger partial charge < -0.3 is 15.1 Å². The van der Waals surface area contributed by atoms with E-state index in [1.54, 1.807) is 6.26 Å². The summed E-state index contributed by atoms with van der Waals surface area (Å²) in [4.78, 5) is 6.74. The summed E-state index contributed by atoms with van der Waals surface area (Å²) in [5, 5.41) is 0. The van der Waals surface area contributed by atoms with E-state index < -0.39 is 0 Å². The van der Waals surface area contributed by atoms with Crippen LogP contribution in [-0.4, -0.2) is 18.1 Å². The second-order valence-corrected chi connectivity index (χ2v) is 5.12. The van der Waals surface area contributed by atoms with E-state index in [9.17, 15) is 0 Å². The van der Waals surface area contributed by atoms with Crippen molar-refractivity contribution in [2.75, 3.05) is 18.0 Å². The standard InChI is InChI=1S/C12H19N3O/c13-5-11-8-16-12(14-11)15(6-9-1-2-9)7-10-3-4-10/h8-10H,1-7,13H2. The molecule has 0 unspecified atom stereocenters. The summed E-state index contributed by atoms with van der Waals surface area (Å²) < 4.78 is 5.51. The topological polar surface area (TPSA) is 55.3 Å². The molecule has 4 nitrogen and oxygen atoms in total. The van der Waals surface area contributed by atoms with Gasteiger partial charge in [0.25, 0.3) is 6.01 Å². The normalized spacial score (nSPS) is 20.1. The minimum Gasteiger partial charge on any atom is -0.432 e. The second-order valence-electron chi connectivity index (χ2n) is 5.12. The van der Waals surface area contributed by atoms with Gasteiger partial charge in [-0.2, -0.15) is 4.98 Å². The van der Waals surface area contributed by atoms with Crippen molar-refractivity contribution >= 4 is 6.01 Å². The molecule has 0 atom stereocenters. The monoisotopic (exact) mass is 221 g/mol. The Labute approximate surface area is 95.8 Å². The van der Waals surface area contributed by atoms with Crippen LogP contribution < -0.4 is 10.6 Å². The van der Waals surface area contributed by atoms with Gasteiger partial charge in [0.1, 0.15) is 6.26 Å². The van der Waals surface area contributed by atoms with Crippen molar-refractivity contribution in [1.29, 1.82) is 0 Å². The first-order valence-electron chi connectivity index (χ1n) is 6.24. The van der Waals surface area contributed by atoms with Crippen LogP contribution in [0.5, 0.6) is 0 Å². The van der Waals surface area contributed by atoms with Crippen LogP contribution in [0.25, 0.3) is 0 Å². The minimum atomic E-state index is 0.462. The SMILES string of the molecule is NCc1coc(N(CC2CC2)CC2CC2)n1. The number of nitrogens with two attached hydrogens (primary N) is 1. The van der Waals surface area contributed by atoms with E-state index in [1.807, 2.05) is 0 Å². The summed E-state index contributed by atoms with van der Waals surface area (Å²) in [7, 11) is 0. The molecule has 2 N–H and O–H groups in total. The van der Waals surface area contributed by atoms with Crippen molar-refractivity contribution in [2.45, 2.75) is 32.2 Å². The van der Waals surface area contributed by atoms with Crippen LogP contribution in [-0.2, 0) is 6.54 Å². The largest absolute Gasteiger partial charge is 0.432 e. The molecule has 2 saturated carbocycles. The highest BCUT2D eigenvalue weighted by Crippen LogP contribution is 2.35. The number of hydrogen-bond donors (Lipinski definition) is 1. The molecular formula is C12H19N3O. The third-order valence-corrected chi connectivity index (χ3v) is 3.37. The van der Waals surface area contributed by atoms with Crippen molar-refractivity contribution in [3.8, 4) is 0 Å². The van der Waals surface area contributed by atoms with Crippen molar-refractivity contribution in [1.82, 2.24) is 4.98 Å². The van der Waals surface area contributed by atoms with Gasteiger partial charge in [0, 0.05) is 19.6 Å². The third kappa shape index (κ3) is 2.38. The van der Waals surface area contributed by atoms with Crippen LogP contribution in [0, 0.1) is 11.8 Å². The van der Waals surface area contributed by atoms with Gasteiger partial charge in [-0.1, -0.05) is 0 Å². The highest BCUT2D eigenvalue weighted by Gasteiger charge is 2.31. The number of nitrogens with zero attached hydrogens (tertiary/aromatic N) is 2. The number of oxazole rings is 1. The van der Waals surface area contributed by atoms with Gasteiger partial charge in [-0.15, -0.1) is 0 Å². The molecule has 2 aliphatic rings. The molecule has 0 amide bonds. The molecule has 0 bridgehead atoms. The van der Waals surface area contributed by atoms with Crippen LogP contribution >= 0.6 is 0 Å². The van der Waals surface area contributed by atoms with Crippen molar-refractivity contribution in [3.63, 3.8) is 0 Å². The Hall–Kier alpha value is -1.03. The molecular weight excluding hydrogens is 202 g/mol. The fourth-order valence-electron chi connectivity index (χ4n) is 1.99. The zero-order valence-electron chi connectivity index (χ0n) is 9.56. The maximum atomic E-state index is 5.55. The minimum absolute atomic E-state index is 0.462. The number of hydrogen-bond acceptors (Lipinski definition) is 4. The Morgan fingerprint density at radius 2 is 1.88 bits per heavy atom. The summed E-state index contributed by atoms with van der Waals surface area (Å²) in [6.07, 6.45) is 7.15. The van der Waals surface area contributed by atoms with Crippen LogP contribution in [0.15, 0.2) is 10.7 Å². The van der Waals surface area contributed by atoms with E-state index in [0.717, 1.165) is 36.6 Å². The first kappa shape index (κ1) is 10.1. The van der Waals surface area contributed by atoms with E-state index in [-0.39, 0.29) is 0 Å². The van der Waals surface area contributed by atoms with Crippen LogP contribution in [0.3, 0.4) is 0 Å². The number of aromatic nitrogens is 1. The smallest absolute Gasteiger partial charge is 0.297 e. The lowest BCUT2D eigenvalue weighted by Crippen LogP contribution is -2.28. The molecule has 0 saturated heterocycles. The lowest BCUT2D eigenvalue weighted by molar-refractivity contribution is 0.517. The molecule has 1 aromatic heterocycles. The van der Waals surface area contributed by atoms with Gasteiger partial charge in [0.15, 0.2) is 0 Å². The molecule has 0 radical (unpaired) electrons. The lowest BCUT2D eigenvalue weighted by Gasteiger charge is -2.19. The Balaban J connectivity index is 1.68.